The molecule has 0 saturated carbocycles. The van der Waals surface area contributed by atoms with E-state index in [2.05, 4.69) is 30.3 Å². The zero-order valence-corrected chi connectivity index (χ0v) is 12.8. The molecule has 0 radical (unpaired) electrons. The highest BCUT2D eigenvalue weighted by Crippen LogP contribution is 2.26. The minimum atomic E-state index is 0.567. The minimum absolute atomic E-state index is 0.567. The lowest BCUT2D eigenvalue weighted by Gasteiger charge is -2.26. The second-order valence-electron chi connectivity index (χ2n) is 4.54. The van der Waals surface area contributed by atoms with Crippen molar-refractivity contribution in [3.63, 3.8) is 0 Å². The fraction of sp³-hybridized carbons (Fsp3) is 0.500. The molecule has 1 saturated heterocycles. The van der Waals surface area contributed by atoms with Gasteiger partial charge in [0.25, 0.3) is 0 Å². The fourth-order valence-electron chi connectivity index (χ4n) is 1.96. The van der Waals surface area contributed by atoms with Crippen LogP contribution in [0.4, 0.5) is 11.9 Å². The van der Waals surface area contributed by atoms with Crippen molar-refractivity contribution in [2.24, 2.45) is 7.05 Å². The van der Waals surface area contributed by atoms with Crippen molar-refractivity contribution in [1.82, 2.24) is 24.7 Å². The third-order valence-electron chi connectivity index (χ3n) is 3.01. The fourth-order valence-corrected chi connectivity index (χ4v) is 2.74. The summed E-state index contributed by atoms with van der Waals surface area (Å²) in [6.07, 6.45) is 3.73. The minimum Gasteiger partial charge on any atom is -0.378 e. The Balaban J connectivity index is 1.85. The molecule has 21 heavy (non-hydrogen) atoms. The molecule has 3 heterocycles. The van der Waals surface area contributed by atoms with Crippen molar-refractivity contribution in [3.8, 4) is 0 Å². The molecule has 0 unspecified atom stereocenters. The van der Waals surface area contributed by atoms with Gasteiger partial charge < -0.3 is 15.0 Å². The molecule has 1 aliphatic heterocycles. The maximum atomic E-state index is 5.36. The monoisotopic (exact) mass is 307 g/mol. The number of nitrogens with one attached hydrogen (secondary N) is 1. The average molecular weight is 307 g/mol. The SMILES string of the molecule is CNc1nc(Sc2cnn(C)c2)nc(N2CCOCC2)n1. The second-order valence-corrected chi connectivity index (χ2v) is 5.58. The summed E-state index contributed by atoms with van der Waals surface area (Å²) in [4.78, 5) is 16.5. The van der Waals surface area contributed by atoms with Crippen LogP contribution in [-0.2, 0) is 11.8 Å². The molecule has 8 nitrogen and oxygen atoms in total. The number of morpholine rings is 1. The maximum Gasteiger partial charge on any atom is 0.231 e. The van der Waals surface area contributed by atoms with E-state index in [-0.39, 0.29) is 0 Å². The van der Waals surface area contributed by atoms with Gasteiger partial charge in [0, 0.05) is 33.4 Å². The van der Waals surface area contributed by atoms with E-state index in [9.17, 15) is 0 Å². The van der Waals surface area contributed by atoms with E-state index in [1.54, 1.807) is 17.9 Å². The zero-order chi connectivity index (χ0) is 14.7. The van der Waals surface area contributed by atoms with Gasteiger partial charge in [0.05, 0.1) is 24.3 Å². The Labute approximate surface area is 126 Å². The number of aryl methyl sites for hydroxylation is 1. The van der Waals surface area contributed by atoms with Crippen LogP contribution in [0.5, 0.6) is 0 Å². The molecule has 1 fully saturated rings. The summed E-state index contributed by atoms with van der Waals surface area (Å²) in [5, 5.41) is 7.79. The number of nitrogens with zero attached hydrogens (tertiary/aromatic N) is 6. The van der Waals surface area contributed by atoms with E-state index in [1.807, 2.05) is 13.2 Å². The number of anilines is 2. The van der Waals surface area contributed by atoms with Gasteiger partial charge in [-0.15, -0.1) is 0 Å². The summed E-state index contributed by atoms with van der Waals surface area (Å²) in [5.74, 6) is 1.25. The normalized spacial score (nSPS) is 15.2. The van der Waals surface area contributed by atoms with Crippen LogP contribution < -0.4 is 10.2 Å². The van der Waals surface area contributed by atoms with E-state index in [1.165, 1.54) is 11.8 Å². The summed E-state index contributed by atoms with van der Waals surface area (Å²) < 4.78 is 7.12. The van der Waals surface area contributed by atoms with Crippen LogP contribution in [0.2, 0.25) is 0 Å². The molecule has 0 spiro atoms. The molecule has 0 amide bonds. The van der Waals surface area contributed by atoms with Crippen molar-refractivity contribution in [1.29, 1.82) is 0 Å². The smallest absolute Gasteiger partial charge is 0.231 e. The quantitative estimate of drug-likeness (QED) is 0.881. The Kier molecular flexibility index (Phi) is 4.20. The molecular formula is C12H17N7OS. The Morgan fingerprint density at radius 1 is 1.24 bits per heavy atom. The highest BCUT2D eigenvalue weighted by Gasteiger charge is 2.17. The van der Waals surface area contributed by atoms with Gasteiger partial charge in [0.2, 0.25) is 11.9 Å². The maximum absolute atomic E-state index is 5.36. The average Bonchev–Trinajstić information content (AvgIpc) is 2.93. The van der Waals surface area contributed by atoms with Gasteiger partial charge in [-0.25, -0.2) is 0 Å². The van der Waals surface area contributed by atoms with Gasteiger partial charge >= 0.3 is 0 Å². The van der Waals surface area contributed by atoms with Crippen molar-refractivity contribution < 1.29 is 4.74 Å². The first-order valence-corrected chi connectivity index (χ1v) is 7.49. The highest BCUT2D eigenvalue weighted by atomic mass is 32.2. The Bertz CT molecular complexity index is 611. The molecule has 0 aromatic carbocycles. The number of aromatic nitrogens is 5. The summed E-state index contributed by atoms with van der Waals surface area (Å²) in [6, 6.07) is 0. The van der Waals surface area contributed by atoms with E-state index >= 15 is 0 Å². The van der Waals surface area contributed by atoms with Crippen LogP contribution in [0, 0.1) is 0 Å². The van der Waals surface area contributed by atoms with Gasteiger partial charge in [-0.3, -0.25) is 4.68 Å². The third kappa shape index (κ3) is 3.42. The number of rotatable bonds is 4. The van der Waals surface area contributed by atoms with Crippen LogP contribution >= 0.6 is 11.8 Å². The lowest BCUT2D eigenvalue weighted by molar-refractivity contribution is 0.122. The second kappa shape index (κ2) is 6.27. The molecule has 1 aliphatic rings. The summed E-state index contributed by atoms with van der Waals surface area (Å²) in [5.41, 5.74) is 0. The van der Waals surface area contributed by atoms with Crippen LogP contribution in [-0.4, -0.2) is 58.1 Å². The number of ether oxygens (including phenoxy) is 1. The van der Waals surface area contributed by atoms with Gasteiger partial charge in [-0.2, -0.15) is 20.1 Å². The predicted molar refractivity (Wildman–Crippen MR) is 79.7 cm³/mol. The Morgan fingerprint density at radius 3 is 2.71 bits per heavy atom. The van der Waals surface area contributed by atoms with Crippen molar-refractivity contribution in [3.05, 3.63) is 12.4 Å². The lowest BCUT2D eigenvalue weighted by Crippen LogP contribution is -2.37. The number of hydrogen-bond donors (Lipinski definition) is 1. The molecule has 9 heteroatoms. The largest absolute Gasteiger partial charge is 0.378 e. The Hall–Kier alpha value is -1.87. The zero-order valence-electron chi connectivity index (χ0n) is 12.0. The standard InChI is InChI=1S/C12H17N7OS/c1-13-10-15-11(19-3-5-20-6-4-19)17-12(16-10)21-9-7-14-18(2)8-9/h7-8H,3-6H2,1-2H3,(H,13,15,16,17). The van der Waals surface area contributed by atoms with Crippen LogP contribution in [0.15, 0.2) is 22.4 Å². The van der Waals surface area contributed by atoms with Gasteiger partial charge in [0.15, 0.2) is 5.16 Å². The molecule has 0 bridgehead atoms. The van der Waals surface area contributed by atoms with Crippen LogP contribution in [0.3, 0.4) is 0 Å². The topological polar surface area (TPSA) is 81.0 Å². The Morgan fingerprint density at radius 2 is 2.05 bits per heavy atom. The van der Waals surface area contributed by atoms with Crippen molar-refractivity contribution in [2.45, 2.75) is 10.1 Å². The molecular weight excluding hydrogens is 290 g/mol. The highest BCUT2D eigenvalue weighted by molar-refractivity contribution is 7.99. The first-order valence-electron chi connectivity index (χ1n) is 6.67. The van der Waals surface area contributed by atoms with Crippen LogP contribution in [0.1, 0.15) is 0 Å². The van der Waals surface area contributed by atoms with E-state index in [0.29, 0.717) is 30.3 Å². The molecule has 3 rings (SSSR count). The molecule has 0 atom stereocenters. The van der Waals surface area contributed by atoms with Gasteiger partial charge in [-0.1, -0.05) is 0 Å². The molecule has 1 N–H and O–H groups in total. The predicted octanol–water partition coefficient (Wildman–Crippen LogP) is 0.635. The van der Waals surface area contributed by atoms with Crippen molar-refractivity contribution in [2.75, 3.05) is 43.6 Å². The summed E-state index contributed by atoms with van der Waals surface area (Å²) >= 11 is 1.47. The molecule has 2 aromatic rings. The van der Waals surface area contributed by atoms with Gasteiger partial charge in [0.1, 0.15) is 0 Å². The molecule has 112 valence electrons. The van der Waals surface area contributed by atoms with E-state index in [0.717, 1.165) is 18.0 Å². The van der Waals surface area contributed by atoms with Crippen LogP contribution in [0.25, 0.3) is 0 Å². The first kappa shape index (κ1) is 14.1. The molecule has 0 aliphatic carbocycles. The van der Waals surface area contributed by atoms with Crippen molar-refractivity contribution >= 4 is 23.7 Å². The van der Waals surface area contributed by atoms with E-state index < -0.39 is 0 Å². The summed E-state index contributed by atoms with van der Waals surface area (Å²) in [6.45, 7) is 2.99. The lowest BCUT2D eigenvalue weighted by atomic mass is 10.4. The number of hydrogen-bond acceptors (Lipinski definition) is 8. The summed E-state index contributed by atoms with van der Waals surface area (Å²) in [7, 11) is 3.69. The first-order chi connectivity index (χ1) is 10.2. The van der Waals surface area contributed by atoms with E-state index in [4.69, 9.17) is 4.74 Å². The molecule has 2 aromatic heterocycles. The third-order valence-corrected chi connectivity index (χ3v) is 3.82. The van der Waals surface area contributed by atoms with Gasteiger partial charge in [-0.05, 0) is 11.8 Å².